The molecule has 6 rings (SSSR count). The molecule has 1 saturated heterocycles. The minimum atomic E-state index is -1.30. The average Bonchev–Trinajstić information content (AvgIpc) is 3.43. The molecule has 5 aliphatic rings. The van der Waals surface area contributed by atoms with Gasteiger partial charge in [-0.3, -0.25) is 14.4 Å². The van der Waals surface area contributed by atoms with Gasteiger partial charge in [0.2, 0.25) is 5.78 Å². The minimum Gasteiger partial charge on any atom is -0.458 e. The predicted molar refractivity (Wildman–Crippen MR) is 156 cm³/mol. The zero-order valence-electron chi connectivity index (χ0n) is 24.8. The van der Waals surface area contributed by atoms with Crippen molar-refractivity contribution in [1.29, 1.82) is 0 Å². The van der Waals surface area contributed by atoms with Crippen molar-refractivity contribution in [3.63, 3.8) is 0 Å². The highest BCUT2D eigenvalue weighted by Gasteiger charge is 2.75. The van der Waals surface area contributed by atoms with Gasteiger partial charge in [0.05, 0.1) is 12.2 Å². The first-order chi connectivity index (χ1) is 20.0. The van der Waals surface area contributed by atoms with E-state index in [1.165, 1.54) is 0 Å². The molecule has 1 aromatic carbocycles. The maximum absolute atomic E-state index is 14.2. The van der Waals surface area contributed by atoms with Crippen molar-refractivity contribution >= 4 is 23.2 Å². The fourth-order valence-electron chi connectivity index (χ4n) is 9.26. The summed E-state index contributed by atoms with van der Waals surface area (Å²) in [5.41, 5.74) is 6.07. The number of nitrogen functional groups attached to an aromatic ring is 1. The molecule has 0 spiro atoms. The summed E-state index contributed by atoms with van der Waals surface area (Å²) in [6, 6.07) is 7.34. The number of carbonyl (C=O) groups is 3. The van der Waals surface area contributed by atoms with E-state index in [0.29, 0.717) is 31.4 Å². The topological polar surface area (TPSA) is 125 Å². The molecule has 9 atom stereocenters. The van der Waals surface area contributed by atoms with Gasteiger partial charge in [0.25, 0.3) is 0 Å². The predicted octanol–water partition coefficient (Wildman–Crippen LogP) is 4.48. The second-order valence-electron chi connectivity index (χ2n) is 13.5. The molecule has 0 amide bonds. The first kappa shape index (κ1) is 29.3. The maximum Gasteiger partial charge on any atom is 0.306 e. The first-order valence-electron chi connectivity index (χ1n) is 15.5. The Labute approximate surface area is 247 Å². The fraction of sp³-hybridized carbons (Fsp3) is 0.618. The van der Waals surface area contributed by atoms with Crippen LogP contribution in [0.4, 0.5) is 5.69 Å². The molecule has 1 heterocycles. The van der Waals surface area contributed by atoms with E-state index in [-0.39, 0.29) is 42.3 Å². The average molecular weight is 578 g/mol. The molecule has 1 aromatic rings. The van der Waals surface area contributed by atoms with Crippen molar-refractivity contribution < 1.29 is 33.7 Å². The number of ketones is 2. The Morgan fingerprint density at radius 2 is 1.95 bits per heavy atom. The third-order valence-corrected chi connectivity index (χ3v) is 11.2. The van der Waals surface area contributed by atoms with Crippen molar-refractivity contribution in [2.24, 2.45) is 28.6 Å². The molecular weight excluding hydrogens is 534 g/mol. The van der Waals surface area contributed by atoms with Crippen LogP contribution in [0.3, 0.4) is 0 Å². The highest BCUT2D eigenvalue weighted by atomic mass is 16.7. The van der Waals surface area contributed by atoms with Crippen LogP contribution in [-0.4, -0.2) is 53.3 Å². The van der Waals surface area contributed by atoms with E-state index in [2.05, 4.69) is 13.8 Å². The van der Waals surface area contributed by atoms with Gasteiger partial charge >= 0.3 is 5.97 Å². The maximum atomic E-state index is 14.2. The van der Waals surface area contributed by atoms with Gasteiger partial charge < -0.3 is 25.1 Å². The number of anilines is 1. The van der Waals surface area contributed by atoms with Gasteiger partial charge in [0.1, 0.15) is 0 Å². The summed E-state index contributed by atoms with van der Waals surface area (Å²) in [5.74, 6) is -0.584. The highest BCUT2D eigenvalue weighted by Crippen LogP contribution is 2.69. The number of aliphatic hydroxyl groups excluding tert-OH is 1. The molecular formula is C34H43NO7. The summed E-state index contributed by atoms with van der Waals surface area (Å²) < 4.78 is 18.6. The van der Waals surface area contributed by atoms with Crippen molar-refractivity contribution in [1.82, 2.24) is 0 Å². The number of esters is 1. The van der Waals surface area contributed by atoms with Crippen molar-refractivity contribution in [2.75, 3.05) is 12.3 Å². The van der Waals surface area contributed by atoms with E-state index < -0.39 is 40.9 Å². The number of fused-ring (bicyclic) bond motifs is 7. The zero-order valence-corrected chi connectivity index (χ0v) is 24.8. The van der Waals surface area contributed by atoms with E-state index in [1.807, 2.05) is 25.1 Å². The lowest BCUT2D eigenvalue weighted by Crippen LogP contribution is -2.63. The fourth-order valence-corrected chi connectivity index (χ4v) is 9.26. The van der Waals surface area contributed by atoms with Gasteiger partial charge in [-0.15, -0.1) is 0 Å². The first-order valence-corrected chi connectivity index (χ1v) is 15.5. The van der Waals surface area contributed by atoms with Crippen LogP contribution in [-0.2, 0) is 35.0 Å². The standard InChI is InChI=1S/C34H43NO7/c1-4-5-30-41-28-17-25-24-12-9-21-16-23(36)14-15-32(21,2)31(24)26(37)18-33(25,3)34(28,42-30)27(38)19-40-29(39)13-8-20-6-10-22(35)11-7-20/h6-7,10-11,14-16,24-26,28,30-31,37H,4-5,8-9,12-13,17-19,35H2,1-3H3/t24-,25-,26-,28+,30?,31+,32-,33-,34+/m0/s1. The quantitative estimate of drug-likeness (QED) is 0.342. The van der Waals surface area contributed by atoms with Crippen molar-refractivity contribution in [2.45, 2.75) is 96.2 Å². The number of ether oxygens (including phenoxy) is 3. The summed E-state index contributed by atoms with van der Waals surface area (Å²) in [5, 5.41) is 11.8. The van der Waals surface area contributed by atoms with Crippen LogP contribution in [0.1, 0.15) is 71.3 Å². The van der Waals surface area contributed by atoms with E-state index in [1.54, 1.807) is 24.3 Å². The number of nitrogens with two attached hydrogens (primary N) is 1. The second kappa shape index (κ2) is 10.7. The lowest BCUT2D eigenvalue weighted by molar-refractivity contribution is -0.201. The Morgan fingerprint density at radius 1 is 1.19 bits per heavy atom. The van der Waals surface area contributed by atoms with Gasteiger partial charge in [-0.25, -0.2) is 0 Å². The number of benzene rings is 1. The van der Waals surface area contributed by atoms with Crippen LogP contribution in [0.5, 0.6) is 0 Å². The van der Waals surface area contributed by atoms with Gasteiger partial charge in [-0.1, -0.05) is 51.0 Å². The van der Waals surface area contributed by atoms with E-state index in [4.69, 9.17) is 19.9 Å². The minimum absolute atomic E-state index is 0.00258. The van der Waals surface area contributed by atoms with Crippen LogP contribution in [0.15, 0.2) is 48.1 Å². The van der Waals surface area contributed by atoms with Crippen LogP contribution < -0.4 is 5.73 Å². The van der Waals surface area contributed by atoms with Crippen LogP contribution in [0, 0.1) is 28.6 Å². The van der Waals surface area contributed by atoms with Gasteiger partial charge in [0, 0.05) is 28.9 Å². The van der Waals surface area contributed by atoms with Crippen LogP contribution in [0.2, 0.25) is 0 Å². The SMILES string of the molecule is CCCC1O[C@@H]2C[C@H]3[C@@H]4CCC5=CC(=O)C=C[C@]5(C)[C@H]4[C@@H](O)C[C@]3(C)[C@]2(C(=O)COC(=O)CCc2ccc(N)cc2)O1. The largest absolute Gasteiger partial charge is 0.458 e. The summed E-state index contributed by atoms with van der Waals surface area (Å²) >= 11 is 0. The molecule has 8 nitrogen and oxygen atoms in total. The molecule has 4 aliphatic carbocycles. The van der Waals surface area contributed by atoms with Gasteiger partial charge in [-0.05, 0) is 80.2 Å². The summed E-state index contributed by atoms with van der Waals surface area (Å²) in [6.07, 6.45) is 8.47. The number of aliphatic hydroxyl groups is 1. The number of Topliss-reactive ketones (excluding diaryl/α,β-unsaturated/α-hetero) is 1. The molecule has 0 radical (unpaired) electrons. The Kier molecular flexibility index (Phi) is 7.47. The lowest BCUT2D eigenvalue weighted by Gasteiger charge is -2.59. The smallest absolute Gasteiger partial charge is 0.306 e. The molecule has 8 heteroatoms. The molecule has 0 bridgehead atoms. The third kappa shape index (κ3) is 4.49. The van der Waals surface area contributed by atoms with E-state index in [0.717, 1.165) is 30.4 Å². The van der Waals surface area contributed by atoms with Crippen molar-refractivity contribution in [3.05, 3.63) is 53.6 Å². The summed E-state index contributed by atoms with van der Waals surface area (Å²) in [7, 11) is 0. The Bertz CT molecular complexity index is 1320. The van der Waals surface area contributed by atoms with Crippen LogP contribution >= 0.6 is 0 Å². The molecule has 42 heavy (non-hydrogen) atoms. The number of aryl methyl sites for hydroxylation is 1. The zero-order chi connectivity index (χ0) is 29.9. The van der Waals surface area contributed by atoms with E-state index in [9.17, 15) is 19.5 Å². The number of hydrogen-bond acceptors (Lipinski definition) is 8. The Hall–Kier alpha value is -2.81. The molecule has 1 unspecified atom stereocenters. The highest BCUT2D eigenvalue weighted by molar-refractivity contribution is 6.01. The van der Waals surface area contributed by atoms with Crippen molar-refractivity contribution in [3.8, 4) is 0 Å². The summed E-state index contributed by atoms with van der Waals surface area (Å²) in [4.78, 5) is 39.1. The molecule has 0 aromatic heterocycles. The van der Waals surface area contributed by atoms with Gasteiger partial charge in [-0.2, -0.15) is 0 Å². The lowest BCUT2D eigenvalue weighted by atomic mass is 9.46. The molecule has 226 valence electrons. The summed E-state index contributed by atoms with van der Waals surface area (Å²) in [6.45, 7) is 5.87. The monoisotopic (exact) mass is 577 g/mol. The Morgan fingerprint density at radius 3 is 2.69 bits per heavy atom. The van der Waals surface area contributed by atoms with Gasteiger partial charge in [0.15, 0.2) is 24.3 Å². The normalized spacial score (nSPS) is 40.0. The molecule has 3 saturated carbocycles. The Balaban J connectivity index is 1.23. The second-order valence-corrected chi connectivity index (χ2v) is 13.5. The number of allylic oxidation sites excluding steroid dienone is 4. The number of hydrogen-bond donors (Lipinski definition) is 2. The molecule has 4 fully saturated rings. The third-order valence-electron chi connectivity index (χ3n) is 11.2. The number of rotatable bonds is 8. The van der Waals surface area contributed by atoms with Crippen LogP contribution in [0.25, 0.3) is 0 Å². The van der Waals surface area contributed by atoms with E-state index >= 15 is 0 Å². The molecule has 3 N–H and O–H groups in total. The number of carbonyl (C=O) groups excluding carboxylic acids is 3. The molecule has 1 aliphatic heterocycles.